The highest BCUT2D eigenvalue weighted by Gasteiger charge is 2.20. The van der Waals surface area contributed by atoms with E-state index in [4.69, 9.17) is 5.73 Å². The van der Waals surface area contributed by atoms with Gasteiger partial charge in [-0.25, -0.2) is 12.7 Å². The first kappa shape index (κ1) is 14.5. The molecular formula is C14H17N3O2S. The molecule has 0 saturated heterocycles. The van der Waals surface area contributed by atoms with Gasteiger partial charge in [-0.1, -0.05) is 6.07 Å². The Balaban J connectivity index is 2.10. The molecule has 2 N–H and O–H groups in total. The summed E-state index contributed by atoms with van der Waals surface area (Å²) in [5, 5.41) is 0. The monoisotopic (exact) mass is 291 g/mol. The van der Waals surface area contributed by atoms with Crippen molar-refractivity contribution in [2.45, 2.75) is 11.3 Å². The lowest BCUT2D eigenvalue weighted by Crippen LogP contribution is -2.29. The lowest BCUT2D eigenvalue weighted by molar-refractivity contribution is 0.472. The predicted octanol–water partition coefficient (Wildman–Crippen LogP) is 1.53. The van der Waals surface area contributed by atoms with Crippen LogP contribution in [0.25, 0.3) is 0 Å². The van der Waals surface area contributed by atoms with Crippen molar-refractivity contribution in [2.24, 2.45) is 0 Å². The maximum absolute atomic E-state index is 12.4. The molecular weight excluding hydrogens is 274 g/mol. The molecule has 0 aliphatic rings. The van der Waals surface area contributed by atoms with E-state index in [-0.39, 0.29) is 4.90 Å². The predicted molar refractivity (Wildman–Crippen MR) is 78.6 cm³/mol. The van der Waals surface area contributed by atoms with Crippen LogP contribution >= 0.6 is 0 Å². The van der Waals surface area contributed by atoms with Crippen LogP contribution in [0, 0.1) is 0 Å². The zero-order valence-corrected chi connectivity index (χ0v) is 12.0. The van der Waals surface area contributed by atoms with Crippen LogP contribution in [0.1, 0.15) is 5.56 Å². The van der Waals surface area contributed by atoms with Gasteiger partial charge in [-0.15, -0.1) is 0 Å². The average molecular weight is 291 g/mol. The highest BCUT2D eigenvalue weighted by Crippen LogP contribution is 2.17. The quantitative estimate of drug-likeness (QED) is 0.848. The molecule has 106 valence electrons. The van der Waals surface area contributed by atoms with Crippen molar-refractivity contribution < 1.29 is 8.42 Å². The Morgan fingerprint density at radius 3 is 2.55 bits per heavy atom. The summed E-state index contributed by atoms with van der Waals surface area (Å²) in [5.74, 6) is 0. The summed E-state index contributed by atoms with van der Waals surface area (Å²) in [5.41, 5.74) is 7.12. The number of hydrogen-bond acceptors (Lipinski definition) is 4. The van der Waals surface area contributed by atoms with Gasteiger partial charge in [-0.3, -0.25) is 4.98 Å². The Labute approximate surface area is 119 Å². The molecule has 5 nitrogen and oxygen atoms in total. The molecule has 0 unspecified atom stereocenters. The van der Waals surface area contributed by atoms with Crippen molar-refractivity contribution in [1.29, 1.82) is 0 Å². The third-order valence-electron chi connectivity index (χ3n) is 3.03. The summed E-state index contributed by atoms with van der Waals surface area (Å²) in [6.45, 7) is 0.404. The van der Waals surface area contributed by atoms with E-state index < -0.39 is 10.0 Å². The lowest BCUT2D eigenvalue weighted by Gasteiger charge is -2.17. The van der Waals surface area contributed by atoms with E-state index in [1.807, 2.05) is 12.1 Å². The van der Waals surface area contributed by atoms with E-state index in [0.717, 1.165) is 5.56 Å². The van der Waals surface area contributed by atoms with Gasteiger partial charge in [0.1, 0.15) is 0 Å². The Morgan fingerprint density at radius 1 is 1.20 bits per heavy atom. The molecule has 0 radical (unpaired) electrons. The number of nitrogen functional groups attached to an aromatic ring is 1. The Bertz CT molecular complexity index is 672. The summed E-state index contributed by atoms with van der Waals surface area (Å²) >= 11 is 0. The summed E-state index contributed by atoms with van der Waals surface area (Å²) in [7, 11) is -1.92. The number of benzene rings is 1. The fraction of sp³-hybridized carbons (Fsp3) is 0.214. The van der Waals surface area contributed by atoms with Crippen LogP contribution in [-0.2, 0) is 16.4 Å². The smallest absolute Gasteiger partial charge is 0.242 e. The minimum Gasteiger partial charge on any atom is -0.399 e. The van der Waals surface area contributed by atoms with E-state index in [1.165, 1.54) is 10.4 Å². The van der Waals surface area contributed by atoms with E-state index in [2.05, 4.69) is 4.98 Å². The number of nitrogens with two attached hydrogens (primary N) is 1. The molecule has 0 atom stereocenters. The Kier molecular flexibility index (Phi) is 4.36. The molecule has 0 fully saturated rings. The number of anilines is 1. The second-order valence-corrected chi connectivity index (χ2v) is 6.55. The van der Waals surface area contributed by atoms with Gasteiger partial charge in [-0.2, -0.15) is 0 Å². The largest absolute Gasteiger partial charge is 0.399 e. The first-order chi connectivity index (χ1) is 9.50. The van der Waals surface area contributed by atoms with Gasteiger partial charge in [0.15, 0.2) is 0 Å². The molecule has 20 heavy (non-hydrogen) atoms. The summed E-state index contributed by atoms with van der Waals surface area (Å²) < 4.78 is 26.1. The van der Waals surface area contributed by atoms with Crippen molar-refractivity contribution in [3.8, 4) is 0 Å². The van der Waals surface area contributed by atoms with E-state index in [1.54, 1.807) is 37.6 Å². The number of rotatable bonds is 5. The standard InChI is InChI=1S/C14H17N3O2S/c1-17(10-7-12-5-8-16-9-6-12)20(18,19)14-4-2-3-13(15)11-14/h2-6,8-9,11H,7,10,15H2,1H3. The van der Waals surface area contributed by atoms with Gasteiger partial charge in [0.2, 0.25) is 10.0 Å². The lowest BCUT2D eigenvalue weighted by atomic mass is 10.2. The molecule has 1 heterocycles. The highest BCUT2D eigenvalue weighted by molar-refractivity contribution is 7.89. The molecule has 0 spiro atoms. The molecule has 0 aliphatic carbocycles. The van der Waals surface area contributed by atoms with Gasteiger partial charge in [-0.05, 0) is 42.3 Å². The zero-order valence-electron chi connectivity index (χ0n) is 11.2. The second-order valence-electron chi connectivity index (χ2n) is 4.50. The molecule has 2 aromatic rings. The van der Waals surface area contributed by atoms with E-state index in [0.29, 0.717) is 18.7 Å². The molecule has 1 aromatic carbocycles. The molecule has 2 rings (SSSR count). The number of pyridine rings is 1. The molecule has 0 aliphatic heterocycles. The molecule has 0 bridgehead atoms. The Hall–Kier alpha value is -1.92. The van der Waals surface area contributed by atoms with E-state index >= 15 is 0 Å². The van der Waals surface area contributed by atoms with E-state index in [9.17, 15) is 8.42 Å². The van der Waals surface area contributed by atoms with Gasteiger partial charge < -0.3 is 5.73 Å². The van der Waals surface area contributed by atoms with Crippen LogP contribution in [0.5, 0.6) is 0 Å². The van der Waals surface area contributed by atoms with Gasteiger partial charge in [0.05, 0.1) is 4.90 Å². The minimum absolute atomic E-state index is 0.217. The fourth-order valence-electron chi connectivity index (χ4n) is 1.81. The average Bonchev–Trinajstić information content (AvgIpc) is 2.45. The van der Waals surface area contributed by atoms with Crippen molar-refractivity contribution >= 4 is 15.7 Å². The summed E-state index contributed by atoms with van der Waals surface area (Å²) in [6.07, 6.45) is 4.03. The molecule has 6 heteroatoms. The normalized spacial score (nSPS) is 11.7. The maximum atomic E-state index is 12.4. The van der Waals surface area contributed by atoms with Crippen molar-refractivity contribution in [3.63, 3.8) is 0 Å². The van der Waals surface area contributed by atoms with Crippen LogP contribution in [0.2, 0.25) is 0 Å². The SMILES string of the molecule is CN(CCc1ccncc1)S(=O)(=O)c1cccc(N)c1. The third kappa shape index (κ3) is 3.34. The van der Waals surface area contributed by atoms with Crippen LogP contribution in [0.15, 0.2) is 53.7 Å². The highest BCUT2D eigenvalue weighted by atomic mass is 32.2. The number of likely N-dealkylation sites (N-methyl/N-ethyl adjacent to an activating group) is 1. The van der Waals surface area contributed by atoms with Gasteiger partial charge in [0.25, 0.3) is 0 Å². The third-order valence-corrected chi connectivity index (χ3v) is 4.88. The molecule has 0 amide bonds. The van der Waals surface area contributed by atoms with Gasteiger partial charge in [0, 0.05) is 31.7 Å². The molecule has 1 aromatic heterocycles. The minimum atomic E-state index is -3.49. The number of hydrogen-bond donors (Lipinski definition) is 1. The maximum Gasteiger partial charge on any atom is 0.242 e. The topological polar surface area (TPSA) is 76.3 Å². The second kappa shape index (κ2) is 6.02. The van der Waals surface area contributed by atoms with Crippen LogP contribution in [0.3, 0.4) is 0 Å². The summed E-state index contributed by atoms with van der Waals surface area (Å²) in [6, 6.07) is 10.1. The number of sulfonamides is 1. The fourth-order valence-corrected chi connectivity index (χ4v) is 3.04. The van der Waals surface area contributed by atoms with Crippen LogP contribution < -0.4 is 5.73 Å². The number of nitrogens with zero attached hydrogens (tertiary/aromatic N) is 2. The number of aromatic nitrogens is 1. The van der Waals surface area contributed by atoms with Crippen molar-refractivity contribution in [3.05, 3.63) is 54.4 Å². The van der Waals surface area contributed by atoms with Crippen LogP contribution in [0.4, 0.5) is 5.69 Å². The van der Waals surface area contributed by atoms with Gasteiger partial charge >= 0.3 is 0 Å². The zero-order chi connectivity index (χ0) is 14.6. The first-order valence-electron chi connectivity index (χ1n) is 6.21. The Morgan fingerprint density at radius 2 is 1.90 bits per heavy atom. The summed E-state index contributed by atoms with van der Waals surface area (Å²) in [4.78, 5) is 4.15. The van der Waals surface area contributed by atoms with Crippen molar-refractivity contribution in [1.82, 2.24) is 9.29 Å². The van der Waals surface area contributed by atoms with Crippen molar-refractivity contribution in [2.75, 3.05) is 19.3 Å². The van der Waals surface area contributed by atoms with Crippen LogP contribution in [-0.4, -0.2) is 31.3 Å². The molecule has 0 saturated carbocycles. The first-order valence-corrected chi connectivity index (χ1v) is 7.65.